The molecule has 1 aromatic rings. The molecule has 2 fully saturated rings. The summed E-state index contributed by atoms with van der Waals surface area (Å²) in [5.41, 5.74) is 1.26. The van der Waals surface area contributed by atoms with Gasteiger partial charge in [-0.3, -0.25) is 4.79 Å². The van der Waals surface area contributed by atoms with Gasteiger partial charge < -0.3 is 9.80 Å². The van der Waals surface area contributed by atoms with E-state index in [0.29, 0.717) is 24.4 Å². The van der Waals surface area contributed by atoms with Crippen LogP contribution in [0.4, 0.5) is 0 Å². The Morgan fingerprint density at radius 1 is 1.10 bits per heavy atom. The fourth-order valence-corrected chi connectivity index (χ4v) is 3.96. The van der Waals surface area contributed by atoms with Gasteiger partial charge in [-0.05, 0) is 51.3 Å². The molecule has 21 heavy (non-hydrogen) atoms. The molecule has 114 valence electrons. The number of amides is 1. The molecule has 0 aliphatic carbocycles. The summed E-state index contributed by atoms with van der Waals surface area (Å²) in [5, 5.41) is 0. The molecule has 1 aromatic carbocycles. The molecule has 0 spiro atoms. The van der Waals surface area contributed by atoms with Gasteiger partial charge >= 0.3 is 0 Å². The summed E-state index contributed by atoms with van der Waals surface area (Å²) in [7, 11) is 2.21. The van der Waals surface area contributed by atoms with Crippen molar-refractivity contribution in [2.75, 3.05) is 20.1 Å². The van der Waals surface area contributed by atoms with Crippen LogP contribution in [0.2, 0.25) is 0 Å². The summed E-state index contributed by atoms with van der Waals surface area (Å²) < 4.78 is 0. The van der Waals surface area contributed by atoms with Crippen LogP contribution in [0.1, 0.15) is 37.7 Å². The average molecular weight is 286 g/mol. The largest absolute Gasteiger partial charge is 0.338 e. The Kier molecular flexibility index (Phi) is 4.59. The predicted molar refractivity (Wildman–Crippen MR) is 85.2 cm³/mol. The van der Waals surface area contributed by atoms with E-state index in [1.54, 1.807) is 0 Å². The van der Waals surface area contributed by atoms with Crippen molar-refractivity contribution in [2.45, 2.75) is 50.6 Å². The molecule has 3 nitrogen and oxygen atoms in total. The zero-order chi connectivity index (χ0) is 14.7. The Labute approximate surface area is 127 Å². The van der Waals surface area contributed by atoms with Crippen LogP contribution in [0.5, 0.6) is 0 Å². The third-order valence-electron chi connectivity index (χ3n) is 5.11. The predicted octanol–water partition coefficient (Wildman–Crippen LogP) is 2.70. The maximum atomic E-state index is 12.6. The van der Waals surface area contributed by atoms with Crippen LogP contribution in [0.15, 0.2) is 30.3 Å². The van der Waals surface area contributed by atoms with E-state index in [0.717, 1.165) is 13.0 Å². The molecule has 2 saturated heterocycles. The van der Waals surface area contributed by atoms with Crippen LogP contribution in [-0.2, 0) is 11.2 Å². The van der Waals surface area contributed by atoms with Crippen molar-refractivity contribution in [2.24, 2.45) is 0 Å². The van der Waals surface area contributed by atoms with E-state index in [1.165, 1.54) is 37.8 Å². The van der Waals surface area contributed by atoms with Crippen molar-refractivity contribution in [1.82, 2.24) is 9.80 Å². The number of carbonyl (C=O) groups excluding carboxylic acids is 1. The first-order chi connectivity index (χ1) is 10.3. The molecular weight excluding hydrogens is 260 g/mol. The number of hydrogen-bond donors (Lipinski definition) is 0. The SMILES string of the molecule is CN1CCC[C@@H]1[C@H]1CCCN1C(=O)CCc1ccccc1. The molecule has 0 radical (unpaired) electrons. The summed E-state index contributed by atoms with van der Waals surface area (Å²) in [6.45, 7) is 2.15. The summed E-state index contributed by atoms with van der Waals surface area (Å²) in [6, 6.07) is 11.4. The minimum Gasteiger partial charge on any atom is -0.338 e. The quantitative estimate of drug-likeness (QED) is 0.849. The highest BCUT2D eigenvalue weighted by molar-refractivity contribution is 5.77. The normalized spacial score (nSPS) is 26.4. The molecule has 0 bridgehead atoms. The van der Waals surface area contributed by atoms with Crippen molar-refractivity contribution >= 4 is 5.91 Å². The van der Waals surface area contributed by atoms with Crippen molar-refractivity contribution in [3.05, 3.63) is 35.9 Å². The van der Waals surface area contributed by atoms with Crippen LogP contribution < -0.4 is 0 Å². The van der Waals surface area contributed by atoms with Gasteiger partial charge in [-0.2, -0.15) is 0 Å². The molecule has 3 rings (SSSR count). The molecule has 2 aliphatic rings. The maximum Gasteiger partial charge on any atom is 0.223 e. The second kappa shape index (κ2) is 6.61. The van der Waals surface area contributed by atoms with E-state index >= 15 is 0 Å². The van der Waals surface area contributed by atoms with Crippen LogP contribution >= 0.6 is 0 Å². The lowest BCUT2D eigenvalue weighted by Gasteiger charge is -2.33. The number of likely N-dealkylation sites (N-methyl/N-ethyl adjacent to an activating group) is 1. The molecule has 0 N–H and O–H groups in total. The van der Waals surface area contributed by atoms with Gasteiger partial charge in [-0.15, -0.1) is 0 Å². The van der Waals surface area contributed by atoms with Crippen LogP contribution in [-0.4, -0.2) is 47.9 Å². The van der Waals surface area contributed by atoms with Gasteiger partial charge in [0.1, 0.15) is 0 Å². The number of hydrogen-bond acceptors (Lipinski definition) is 2. The van der Waals surface area contributed by atoms with Gasteiger partial charge in [-0.25, -0.2) is 0 Å². The van der Waals surface area contributed by atoms with Gasteiger partial charge in [0.15, 0.2) is 0 Å². The summed E-state index contributed by atoms with van der Waals surface area (Å²) >= 11 is 0. The molecule has 0 aromatic heterocycles. The van der Waals surface area contributed by atoms with Crippen LogP contribution in [0.25, 0.3) is 0 Å². The summed E-state index contributed by atoms with van der Waals surface area (Å²) in [6.07, 6.45) is 6.41. The first-order valence-electron chi connectivity index (χ1n) is 8.29. The number of benzene rings is 1. The van der Waals surface area contributed by atoms with Crippen molar-refractivity contribution in [1.29, 1.82) is 0 Å². The molecule has 1 amide bonds. The molecule has 3 heteroatoms. The second-order valence-corrected chi connectivity index (χ2v) is 6.47. The minimum absolute atomic E-state index is 0.349. The highest BCUT2D eigenvalue weighted by Gasteiger charge is 2.37. The molecule has 2 heterocycles. The zero-order valence-electron chi connectivity index (χ0n) is 13.0. The van der Waals surface area contributed by atoms with E-state index in [2.05, 4.69) is 29.0 Å². The Morgan fingerprint density at radius 3 is 2.52 bits per heavy atom. The lowest BCUT2D eigenvalue weighted by atomic mass is 10.0. The monoisotopic (exact) mass is 286 g/mol. The van der Waals surface area contributed by atoms with E-state index in [1.807, 2.05) is 18.2 Å². The number of aryl methyl sites for hydroxylation is 1. The van der Waals surface area contributed by atoms with Crippen molar-refractivity contribution in [3.8, 4) is 0 Å². The van der Waals surface area contributed by atoms with E-state index in [-0.39, 0.29) is 0 Å². The van der Waals surface area contributed by atoms with E-state index in [9.17, 15) is 4.79 Å². The first-order valence-corrected chi connectivity index (χ1v) is 8.29. The van der Waals surface area contributed by atoms with Gasteiger partial charge in [0.05, 0.1) is 0 Å². The van der Waals surface area contributed by atoms with E-state index in [4.69, 9.17) is 0 Å². The van der Waals surface area contributed by atoms with E-state index < -0.39 is 0 Å². The lowest BCUT2D eigenvalue weighted by Crippen LogP contribution is -2.47. The summed E-state index contributed by atoms with van der Waals surface area (Å²) in [4.78, 5) is 17.2. The number of nitrogens with zero attached hydrogens (tertiary/aromatic N) is 2. The molecule has 0 saturated carbocycles. The van der Waals surface area contributed by atoms with Gasteiger partial charge in [-0.1, -0.05) is 30.3 Å². The Bertz CT molecular complexity index is 473. The van der Waals surface area contributed by atoms with Crippen molar-refractivity contribution < 1.29 is 4.79 Å². The summed E-state index contributed by atoms with van der Waals surface area (Å²) in [5.74, 6) is 0.349. The third-order valence-corrected chi connectivity index (χ3v) is 5.11. The highest BCUT2D eigenvalue weighted by atomic mass is 16.2. The van der Waals surface area contributed by atoms with Gasteiger partial charge in [0.2, 0.25) is 5.91 Å². The molecule has 2 atom stereocenters. The van der Waals surface area contributed by atoms with Crippen molar-refractivity contribution in [3.63, 3.8) is 0 Å². The Morgan fingerprint density at radius 2 is 1.81 bits per heavy atom. The maximum absolute atomic E-state index is 12.6. The first kappa shape index (κ1) is 14.6. The Hall–Kier alpha value is -1.35. The number of rotatable bonds is 4. The average Bonchev–Trinajstić information content (AvgIpc) is 3.14. The van der Waals surface area contributed by atoms with Gasteiger partial charge in [0, 0.05) is 25.0 Å². The molecule has 2 aliphatic heterocycles. The number of likely N-dealkylation sites (tertiary alicyclic amines) is 2. The second-order valence-electron chi connectivity index (χ2n) is 6.47. The standard InChI is InChI=1S/C18H26N2O/c1-19-13-5-9-16(19)17-10-6-14-20(17)18(21)12-11-15-7-3-2-4-8-15/h2-4,7-8,16-17H,5-6,9-14H2,1H3/t16-,17-/m1/s1. The Balaban J connectivity index is 1.58. The van der Waals surface area contributed by atoms with Crippen LogP contribution in [0.3, 0.4) is 0 Å². The topological polar surface area (TPSA) is 23.6 Å². The third kappa shape index (κ3) is 3.29. The smallest absolute Gasteiger partial charge is 0.223 e. The molecule has 0 unspecified atom stereocenters. The zero-order valence-corrected chi connectivity index (χ0v) is 13.0. The fourth-order valence-electron chi connectivity index (χ4n) is 3.96. The van der Waals surface area contributed by atoms with Gasteiger partial charge in [0.25, 0.3) is 0 Å². The molecular formula is C18H26N2O. The lowest BCUT2D eigenvalue weighted by molar-refractivity contribution is -0.132. The van der Waals surface area contributed by atoms with Crippen LogP contribution in [0, 0.1) is 0 Å². The number of carbonyl (C=O) groups is 1. The fraction of sp³-hybridized carbons (Fsp3) is 0.611. The highest BCUT2D eigenvalue weighted by Crippen LogP contribution is 2.29. The minimum atomic E-state index is 0.349.